The van der Waals surface area contributed by atoms with E-state index in [0.29, 0.717) is 23.8 Å². The van der Waals surface area contributed by atoms with E-state index in [1.165, 1.54) is 41.7 Å². The summed E-state index contributed by atoms with van der Waals surface area (Å²) >= 11 is 0. The first-order valence-corrected chi connectivity index (χ1v) is 12.4. The Hall–Kier alpha value is -3.34. The molecule has 0 atom stereocenters. The molecular formula is C31H30F4O. The molecule has 4 rings (SSSR count). The van der Waals surface area contributed by atoms with Crippen LogP contribution in [0.4, 0.5) is 17.6 Å². The lowest BCUT2D eigenvalue weighted by Gasteiger charge is -2.11. The van der Waals surface area contributed by atoms with Crippen molar-refractivity contribution in [2.45, 2.75) is 58.2 Å². The summed E-state index contributed by atoms with van der Waals surface area (Å²) in [5, 5.41) is 1.46. The maximum absolute atomic E-state index is 15.2. The van der Waals surface area contributed by atoms with Gasteiger partial charge in [-0.2, -0.15) is 0 Å². The fourth-order valence-corrected chi connectivity index (χ4v) is 4.41. The van der Waals surface area contributed by atoms with E-state index >= 15 is 4.39 Å². The standard InChI is InChI=1S/C31H30F4O/c1-2-3-4-22-5-7-23(8-6-22)9-10-25-14-20-29-27(21-25)17-16-26(30(29)32)15-11-24-12-18-28(19-13-24)36-31(33,34)35/h5-8,12-14,16-21H,2-4,9-11,15H2,1H3. The van der Waals surface area contributed by atoms with Crippen LogP contribution >= 0.6 is 0 Å². The van der Waals surface area contributed by atoms with Crippen molar-refractivity contribution in [2.75, 3.05) is 0 Å². The average Bonchev–Trinajstić information content (AvgIpc) is 2.86. The topological polar surface area (TPSA) is 9.23 Å². The predicted octanol–water partition coefficient (Wildman–Crippen LogP) is 8.79. The number of fused-ring (bicyclic) bond motifs is 1. The van der Waals surface area contributed by atoms with Gasteiger partial charge in [0.2, 0.25) is 0 Å². The molecule has 0 aliphatic carbocycles. The smallest absolute Gasteiger partial charge is 0.406 e. The van der Waals surface area contributed by atoms with Gasteiger partial charge >= 0.3 is 6.36 Å². The molecule has 5 heteroatoms. The molecule has 0 spiro atoms. The summed E-state index contributed by atoms with van der Waals surface area (Å²) in [4.78, 5) is 0. The van der Waals surface area contributed by atoms with E-state index in [9.17, 15) is 13.2 Å². The number of aryl methyl sites for hydroxylation is 5. The highest BCUT2D eigenvalue weighted by molar-refractivity contribution is 5.84. The van der Waals surface area contributed by atoms with Gasteiger partial charge in [0.15, 0.2) is 0 Å². The Balaban J connectivity index is 1.36. The Kier molecular flexibility index (Phi) is 8.29. The highest BCUT2D eigenvalue weighted by Gasteiger charge is 2.30. The van der Waals surface area contributed by atoms with Crippen molar-refractivity contribution in [3.05, 3.63) is 112 Å². The molecule has 36 heavy (non-hydrogen) atoms. The van der Waals surface area contributed by atoms with E-state index in [1.807, 2.05) is 18.2 Å². The molecule has 0 aliphatic rings. The van der Waals surface area contributed by atoms with Crippen LogP contribution in [0.15, 0.2) is 78.9 Å². The number of benzene rings is 4. The summed E-state index contributed by atoms with van der Waals surface area (Å²) in [7, 11) is 0. The van der Waals surface area contributed by atoms with E-state index < -0.39 is 6.36 Å². The zero-order valence-electron chi connectivity index (χ0n) is 20.4. The fourth-order valence-electron chi connectivity index (χ4n) is 4.41. The van der Waals surface area contributed by atoms with E-state index in [-0.39, 0.29) is 11.6 Å². The second-order valence-corrected chi connectivity index (χ2v) is 9.21. The molecule has 0 aliphatic heterocycles. The average molecular weight is 495 g/mol. The van der Waals surface area contributed by atoms with Gasteiger partial charge in [0, 0.05) is 5.39 Å². The van der Waals surface area contributed by atoms with Crippen molar-refractivity contribution in [3.63, 3.8) is 0 Å². The maximum atomic E-state index is 15.2. The van der Waals surface area contributed by atoms with Crippen LogP contribution in [0.5, 0.6) is 5.75 Å². The molecule has 0 saturated heterocycles. The van der Waals surface area contributed by atoms with Crippen LogP contribution in [-0.2, 0) is 32.1 Å². The number of unbranched alkanes of at least 4 members (excludes halogenated alkanes) is 1. The third-order valence-electron chi connectivity index (χ3n) is 6.48. The van der Waals surface area contributed by atoms with Crippen molar-refractivity contribution in [3.8, 4) is 5.75 Å². The molecule has 0 N–H and O–H groups in total. The minimum Gasteiger partial charge on any atom is -0.406 e. The second kappa shape index (κ2) is 11.6. The molecule has 1 nitrogen and oxygen atoms in total. The molecule has 0 unspecified atom stereocenters. The summed E-state index contributed by atoms with van der Waals surface area (Å²) in [6.45, 7) is 2.20. The van der Waals surface area contributed by atoms with Crippen molar-refractivity contribution in [2.24, 2.45) is 0 Å². The van der Waals surface area contributed by atoms with Crippen molar-refractivity contribution >= 4 is 10.8 Å². The Labute approximate surface area is 209 Å². The molecular weight excluding hydrogens is 464 g/mol. The van der Waals surface area contributed by atoms with Gasteiger partial charge in [-0.1, -0.05) is 80.1 Å². The molecule has 188 valence electrons. The normalized spacial score (nSPS) is 11.7. The highest BCUT2D eigenvalue weighted by Crippen LogP contribution is 2.26. The first-order valence-electron chi connectivity index (χ1n) is 12.4. The summed E-state index contributed by atoms with van der Waals surface area (Å²) in [5.41, 5.74) is 5.26. The van der Waals surface area contributed by atoms with Gasteiger partial charge in [0.05, 0.1) is 0 Å². The summed E-state index contributed by atoms with van der Waals surface area (Å²) in [6, 6.07) is 24.2. The molecule has 0 bridgehead atoms. The van der Waals surface area contributed by atoms with Gasteiger partial charge in [0.1, 0.15) is 11.6 Å². The third-order valence-corrected chi connectivity index (χ3v) is 6.48. The number of halogens is 4. The lowest BCUT2D eigenvalue weighted by Crippen LogP contribution is -2.17. The molecule has 4 aromatic carbocycles. The van der Waals surface area contributed by atoms with Gasteiger partial charge in [-0.3, -0.25) is 0 Å². The van der Waals surface area contributed by atoms with Gasteiger partial charge < -0.3 is 4.74 Å². The minimum atomic E-state index is -4.71. The maximum Gasteiger partial charge on any atom is 0.573 e. The van der Waals surface area contributed by atoms with Crippen LogP contribution < -0.4 is 4.74 Å². The van der Waals surface area contributed by atoms with Crippen LogP contribution in [0, 0.1) is 5.82 Å². The summed E-state index contributed by atoms with van der Waals surface area (Å²) in [5.74, 6) is -0.498. The van der Waals surface area contributed by atoms with Gasteiger partial charge in [0.25, 0.3) is 0 Å². The molecule has 0 saturated carbocycles. The van der Waals surface area contributed by atoms with Crippen molar-refractivity contribution in [1.29, 1.82) is 0 Å². The first-order chi connectivity index (χ1) is 17.3. The number of hydrogen-bond donors (Lipinski definition) is 0. The second-order valence-electron chi connectivity index (χ2n) is 9.21. The Morgan fingerprint density at radius 1 is 0.639 bits per heavy atom. The van der Waals surface area contributed by atoms with Crippen LogP contribution in [0.25, 0.3) is 10.8 Å². The molecule has 0 radical (unpaired) electrons. The SMILES string of the molecule is CCCCc1ccc(CCc2ccc3c(F)c(CCc4ccc(OC(F)(F)F)cc4)ccc3c2)cc1. The van der Waals surface area contributed by atoms with Crippen molar-refractivity contribution in [1.82, 2.24) is 0 Å². The largest absolute Gasteiger partial charge is 0.573 e. The Morgan fingerprint density at radius 2 is 1.19 bits per heavy atom. The number of ether oxygens (including phenoxy) is 1. The van der Waals surface area contributed by atoms with Crippen LogP contribution in [0.1, 0.15) is 47.6 Å². The number of hydrogen-bond acceptors (Lipinski definition) is 1. The zero-order valence-corrected chi connectivity index (χ0v) is 20.4. The van der Waals surface area contributed by atoms with Crippen LogP contribution in [-0.4, -0.2) is 6.36 Å². The molecule has 0 heterocycles. The number of rotatable bonds is 10. The van der Waals surface area contributed by atoms with E-state index in [0.717, 1.165) is 30.2 Å². The monoisotopic (exact) mass is 494 g/mol. The summed E-state index contributed by atoms with van der Waals surface area (Å²) in [6.07, 6.45) is 1.62. The first kappa shape index (κ1) is 25.7. The van der Waals surface area contributed by atoms with E-state index in [1.54, 1.807) is 18.2 Å². The lowest BCUT2D eigenvalue weighted by molar-refractivity contribution is -0.274. The lowest BCUT2D eigenvalue weighted by atomic mass is 9.97. The fraction of sp³-hybridized carbons (Fsp3) is 0.290. The van der Waals surface area contributed by atoms with E-state index in [2.05, 4.69) is 42.0 Å². The van der Waals surface area contributed by atoms with Gasteiger partial charge in [-0.15, -0.1) is 13.2 Å². The summed E-state index contributed by atoms with van der Waals surface area (Å²) < 4.78 is 56.0. The molecule has 0 fully saturated rings. The molecule has 0 amide bonds. The van der Waals surface area contributed by atoms with Gasteiger partial charge in [-0.25, -0.2) is 4.39 Å². The van der Waals surface area contributed by atoms with E-state index in [4.69, 9.17) is 0 Å². The Bertz CT molecular complexity index is 1280. The molecule has 4 aromatic rings. The van der Waals surface area contributed by atoms with Crippen molar-refractivity contribution < 1.29 is 22.3 Å². The number of alkyl halides is 3. The zero-order chi connectivity index (χ0) is 25.5. The Morgan fingerprint density at radius 3 is 1.83 bits per heavy atom. The van der Waals surface area contributed by atoms with Crippen LogP contribution in [0.3, 0.4) is 0 Å². The minimum absolute atomic E-state index is 0.237. The third kappa shape index (κ3) is 7.09. The quantitative estimate of drug-likeness (QED) is 0.200. The highest BCUT2D eigenvalue weighted by atomic mass is 19.4. The molecule has 0 aromatic heterocycles. The van der Waals surface area contributed by atoms with Gasteiger partial charge in [-0.05, 0) is 83.9 Å². The predicted molar refractivity (Wildman–Crippen MR) is 137 cm³/mol. The van der Waals surface area contributed by atoms with Crippen LogP contribution in [0.2, 0.25) is 0 Å².